The number of aromatic nitrogens is 2. The molecular weight excluding hydrogens is 200 g/mol. The number of piperidine rings is 1. The van der Waals surface area contributed by atoms with E-state index >= 15 is 0 Å². The molecule has 1 unspecified atom stereocenters. The normalized spacial score (nSPS) is 22.0. The third-order valence-electron chi connectivity index (χ3n) is 3.10. The smallest absolute Gasteiger partial charge is 0.129 e. The van der Waals surface area contributed by atoms with Gasteiger partial charge in [0.25, 0.3) is 0 Å². The highest BCUT2D eigenvalue weighted by atomic mass is 15.1. The Morgan fingerprint density at radius 3 is 3.12 bits per heavy atom. The minimum absolute atomic E-state index is 0.744. The summed E-state index contributed by atoms with van der Waals surface area (Å²) in [6.07, 6.45) is 4.25. The molecule has 1 aliphatic heterocycles. The van der Waals surface area contributed by atoms with Crippen LogP contribution in [-0.2, 0) is 0 Å². The molecule has 0 radical (unpaired) electrons. The lowest BCUT2D eigenvalue weighted by Gasteiger charge is -2.29. The quantitative estimate of drug-likeness (QED) is 0.839. The minimum Gasteiger partial charge on any atom is -0.370 e. The van der Waals surface area contributed by atoms with E-state index in [0.717, 1.165) is 24.0 Å². The molecular formula is C12H20N4. The van der Waals surface area contributed by atoms with E-state index in [-0.39, 0.29) is 0 Å². The second-order valence-electron chi connectivity index (χ2n) is 4.70. The predicted molar refractivity (Wildman–Crippen MR) is 65.5 cm³/mol. The van der Waals surface area contributed by atoms with Crippen LogP contribution in [0.5, 0.6) is 0 Å². The van der Waals surface area contributed by atoms with Crippen LogP contribution < -0.4 is 5.32 Å². The molecule has 1 aliphatic rings. The summed E-state index contributed by atoms with van der Waals surface area (Å²) in [7, 11) is 2.20. The lowest BCUT2D eigenvalue weighted by atomic mass is 9.98. The molecule has 2 rings (SSSR count). The summed E-state index contributed by atoms with van der Waals surface area (Å²) in [5.41, 5.74) is 1.01. The van der Waals surface area contributed by atoms with Crippen molar-refractivity contribution in [3.05, 3.63) is 18.1 Å². The Morgan fingerprint density at radius 2 is 2.38 bits per heavy atom. The SMILES string of the molecule is Cc1cc(NCC2CCCN(C)C2)ncn1. The van der Waals surface area contributed by atoms with E-state index in [0.29, 0.717) is 0 Å². The highest BCUT2D eigenvalue weighted by Gasteiger charge is 2.16. The van der Waals surface area contributed by atoms with Crippen LogP contribution in [0.1, 0.15) is 18.5 Å². The molecule has 0 spiro atoms. The molecule has 88 valence electrons. The summed E-state index contributed by atoms with van der Waals surface area (Å²) in [5.74, 6) is 1.69. The van der Waals surface area contributed by atoms with Crippen LogP contribution in [-0.4, -0.2) is 41.5 Å². The van der Waals surface area contributed by atoms with Crippen molar-refractivity contribution in [2.75, 3.05) is 32.0 Å². The molecule has 4 nitrogen and oxygen atoms in total. The molecule has 2 heterocycles. The molecule has 16 heavy (non-hydrogen) atoms. The van der Waals surface area contributed by atoms with E-state index in [9.17, 15) is 0 Å². The Morgan fingerprint density at radius 1 is 1.50 bits per heavy atom. The third-order valence-corrected chi connectivity index (χ3v) is 3.10. The molecule has 0 bridgehead atoms. The number of aryl methyl sites for hydroxylation is 1. The number of rotatable bonds is 3. The monoisotopic (exact) mass is 220 g/mol. The van der Waals surface area contributed by atoms with E-state index in [1.54, 1.807) is 6.33 Å². The van der Waals surface area contributed by atoms with Crippen LogP contribution in [0.15, 0.2) is 12.4 Å². The van der Waals surface area contributed by atoms with Gasteiger partial charge in [-0.3, -0.25) is 0 Å². The number of anilines is 1. The van der Waals surface area contributed by atoms with Crippen LogP contribution in [0.2, 0.25) is 0 Å². The largest absolute Gasteiger partial charge is 0.370 e. The van der Waals surface area contributed by atoms with Crippen LogP contribution in [0.4, 0.5) is 5.82 Å². The highest BCUT2D eigenvalue weighted by molar-refractivity contribution is 5.34. The summed E-state index contributed by atoms with van der Waals surface area (Å²) < 4.78 is 0. The van der Waals surface area contributed by atoms with Crippen molar-refractivity contribution < 1.29 is 0 Å². The Labute approximate surface area is 97.1 Å². The molecule has 0 aliphatic carbocycles. The van der Waals surface area contributed by atoms with Gasteiger partial charge in [-0.05, 0) is 39.3 Å². The first kappa shape index (κ1) is 11.3. The van der Waals surface area contributed by atoms with Crippen LogP contribution >= 0.6 is 0 Å². The van der Waals surface area contributed by atoms with E-state index in [2.05, 4.69) is 27.2 Å². The van der Waals surface area contributed by atoms with Gasteiger partial charge in [0, 0.05) is 24.8 Å². The number of likely N-dealkylation sites (tertiary alicyclic amines) is 1. The topological polar surface area (TPSA) is 41.0 Å². The highest BCUT2D eigenvalue weighted by Crippen LogP contribution is 2.15. The van der Waals surface area contributed by atoms with Crippen molar-refractivity contribution in [3.8, 4) is 0 Å². The zero-order valence-corrected chi connectivity index (χ0v) is 10.1. The number of nitrogens with one attached hydrogen (secondary N) is 1. The lowest BCUT2D eigenvalue weighted by Crippen LogP contribution is -2.35. The van der Waals surface area contributed by atoms with E-state index in [4.69, 9.17) is 0 Å². The molecule has 1 N–H and O–H groups in total. The molecule has 0 saturated carbocycles. The van der Waals surface area contributed by atoms with Crippen LogP contribution in [0.3, 0.4) is 0 Å². The van der Waals surface area contributed by atoms with Crippen molar-refractivity contribution >= 4 is 5.82 Å². The van der Waals surface area contributed by atoms with E-state index < -0.39 is 0 Å². The summed E-state index contributed by atoms with van der Waals surface area (Å²) in [5, 5.41) is 3.40. The summed E-state index contributed by atoms with van der Waals surface area (Å²) >= 11 is 0. The van der Waals surface area contributed by atoms with Gasteiger partial charge in [-0.1, -0.05) is 0 Å². The van der Waals surface area contributed by atoms with Crippen molar-refractivity contribution in [1.29, 1.82) is 0 Å². The second kappa shape index (κ2) is 5.25. The second-order valence-corrected chi connectivity index (χ2v) is 4.70. The van der Waals surface area contributed by atoms with Crippen molar-refractivity contribution in [2.24, 2.45) is 5.92 Å². The maximum absolute atomic E-state index is 4.21. The summed E-state index contributed by atoms with van der Waals surface area (Å²) in [4.78, 5) is 10.7. The number of hydrogen-bond acceptors (Lipinski definition) is 4. The van der Waals surface area contributed by atoms with Crippen LogP contribution in [0.25, 0.3) is 0 Å². The van der Waals surface area contributed by atoms with Gasteiger partial charge in [0.2, 0.25) is 0 Å². The average Bonchev–Trinajstić information content (AvgIpc) is 2.27. The summed E-state index contributed by atoms with van der Waals surface area (Å²) in [6.45, 7) is 5.43. The fourth-order valence-electron chi connectivity index (χ4n) is 2.24. The maximum atomic E-state index is 4.21. The van der Waals surface area contributed by atoms with E-state index in [1.165, 1.54) is 25.9 Å². The van der Waals surface area contributed by atoms with Crippen molar-refractivity contribution in [3.63, 3.8) is 0 Å². The van der Waals surface area contributed by atoms with Crippen LogP contribution in [0, 0.1) is 12.8 Å². The van der Waals surface area contributed by atoms with Gasteiger partial charge in [0.15, 0.2) is 0 Å². The average molecular weight is 220 g/mol. The first-order valence-corrected chi connectivity index (χ1v) is 5.95. The molecule has 4 heteroatoms. The molecule has 0 amide bonds. The van der Waals surface area contributed by atoms with Crippen molar-refractivity contribution in [1.82, 2.24) is 14.9 Å². The fraction of sp³-hybridized carbons (Fsp3) is 0.667. The summed E-state index contributed by atoms with van der Waals surface area (Å²) in [6, 6.07) is 1.99. The van der Waals surface area contributed by atoms with Gasteiger partial charge in [-0.25, -0.2) is 9.97 Å². The van der Waals surface area contributed by atoms with Gasteiger partial charge < -0.3 is 10.2 Å². The van der Waals surface area contributed by atoms with Gasteiger partial charge in [-0.2, -0.15) is 0 Å². The zero-order valence-electron chi connectivity index (χ0n) is 10.1. The Hall–Kier alpha value is -1.16. The Kier molecular flexibility index (Phi) is 3.72. The Balaban J connectivity index is 1.82. The predicted octanol–water partition coefficient (Wildman–Crippen LogP) is 1.54. The van der Waals surface area contributed by atoms with Gasteiger partial charge in [0.05, 0.1) is 0 Å². The third kappa shape index (κ3) is 3.17. The minimum atomic E-state index is 0.744. The first-order valence-electron chi connectivity index (χ1n) is 5.95. The van der Waals surface area contributed by atoms with Gasteiger partial charge >= 0.3 is 0 Å². The number of hydrogen-bond donors (Lipinski definition) is 1. The molecule has 1 aromatic heterocycles. The van der Waals surface area contributed by atoms with Gasteiger partial charge in [-0.15, -0.1) is 0 Å². The standard InChI is InChI=1S/C12H20N4/c1-10-6-12(15-9-14-10)13-7-11-4-3-5-16(2)8-11/h6,9,11H,3-5,7-8H2,1-2H3,(H,13,14,15). The molecule has 0 aromatic carbocycles. The number of nitrogens with zero attached hydrogens (tertiary/aromatic N) is 3. The Bertz CT molecular complexity index is 340. The lowest BCUT2D eigenvalue weighted by molar-refractivity contribution is 0.217. The van der Waals surface area contributed by atoms with Gasteiger partial charge in [0.1, 0.15) is 12.1 Å². The molecule has 1 fully saturated rings. The molecule has 1 aromatic rings. The van der Waals surface area contributed by atoms with Crippen molar-refractivity contribution in [2.45, 2.75) is 19.8 Å². The first-order chi connectivity index (χ1) is 7.74. The van der Waals surface area contributed by atoms with E-state index in [1.807, 2.05) is 13.0 Å². The fourth-order valence-corrected chi connectivity index (χ4v) is 2.24. The zero-order chi connectivity index (χ0) is 11.4. The molecule has 1 saturated heterocycles. The molecule has 1 atom stereocenters. The maximum Gasteiger partial charge on any atom is 0.129 e.